The van der Waals surface area contributed by atoms with Crippen LogP contribution in [0.15, 0.2) is 64.0 Å². The fourth-order valence-corrected chi connectivity index (χ4v) is 5.91. The Balaban J connectivity index is 2.23. The van der Waals surface area contributed by atoms with Gasteiger partial charge in [0.15, 0.2) is 0 Å². The molecule has 1 unspecified atom stereocenters. The second-order valence-corrected chi connectivity index (χ2v) is 10.2. The summed E-state index contributed by atoms with van der Waals surface area (Å²) in [7, 11) is 0.334. The van der Waals surface area contributed by atoms with Crippen LogP contribution in [0, 0.1) is 13.8 Å². The first-order chi connectivity index (χ1) is 14.8. The van der Waals surface area contributed by atoms with Gasteiger partial charge in [-0.15, -0.1) is 0 Å². The van der Waals surface area contributed by atoms with Gasteiger partial charge in [-0.05, 0) is 78.6 Å². The Morgan fingerprint density at radius 2 is 1.58 bits per heavy atom. The Labute approximate surface area is 194 Å². The molecule has 0 bridgehead atoms. The molecule has 0 aliphatic rings. The Morgan fingerprint density at radius 3 is 2.29 bits per heavy atom. The molecule has 0 heterocycles. The molecule has 1 atom stereocenters. The van der Waals surface area contributed by atoms with E-state index in [-0.39, 0.29) is 6.04 Å². The van der Waals surface area contributed by atoms with E-state index in [1.165, 1.54) is 0 Å². The number of rotatable bonds is 5. The van der Waals surface area contributed by atoms with Crippen molar-refractivity contribution in [3.63, 3.8) is 0 Å². The quantitative estimate of drug-likeness (QED) is 0.321. The van der Waals surface area contributed by atoms with Gasteiger partial charge < -0.3 is 4.74 Å². The van der Waals surface area contributed by atoms with E-state index in [1.807, 2.05) is 39.0 Å². The van der Waals surface area contributed by atoms with Crippen molar-refractivity contribution in [2.24, 2.45) is 0 Å². The van der Waals surface area contributed by atoms with E-state index in [1.54, 1.807) is 7.11 Å². The maximum Gasteiger partial charge on any atom is 0.130 e. The van der Waals surface area contributed by atoms with Gasteiger partial charge in [0.25, 0.3) is 0 Å². The number of nitrogens with one attached hydrogen (secondary N) is 1. The predicted octanol–water partition coefficient (Wildman–Crippen LogP) is 7.07. The SMILES string of the molecule is COc1c(C)cc2cc(Br)ccc2c1-c1c(S(=O)NC(C)C)c(C)cc2ccccc12. The van der Waals surface area contributed by atoms with Crippen LogP contribution in [0.4, 0.5) is 0 Å². The van der Waals surface area contributed by atoms with Crippen LogP contribution < -0.4 is 9.46 Å². The van der Waals surface area contributed by atoms with Gasteiger partial charge in [0.05, 0.1) is 12.0 Å². The van der Waals surface area contributed by atoms with E-state index in [2.05, 4.69) is 64.0 Å². The van der Waals surface area contributed by atoms with E-state index < -0.39 is 11.0 Å². The van der Waals surface area contributed by atoms with Crippen molar-refractivity contribution in [2.45, 2.75) is 38.6 Å². The van der Waals surface area contributed by atoms with Gasteiger partial charge in [-0.25, -0.2) is 8.93 Å². The van der Waals surface area contributed by atoms with Crippen molar-refractivity contribution in [3.05, 3.63) is 70.2 Å². The minimum Gasteiger partial charge on any atom is -0.496 e. The van der Waals surface area contributed by atoms with Crippen molar-refractivity contribution in [1.82, 2.24) is 4.72 Å². The Hall–Kier alpha value is -2.21. The van der Waals surface area contributed by atoms with E-state index in [4.69, 9.17) is 4.74 Å². The highest BCUT2D eigenvalue weighted by Crippen LogP contribution is 2.46. The van der Waals surface area contributed by atoms with E-state index in [9.17, 15) is 4.21 Å². The van der Waals surface area contributed by atoms with E-state index in [0.29, 0.717) is 0 Å². The second-order valence-electron chi connectivity index (χ2n) is 8.13. The zero-order valence-corrected chi connectivity index (χ0v) is 20.8. The van der Waals surface area contributed by atoms with Gasteiger partial charge in [0.1, 0.15) is 16.7 Å². The zero-order chi connectivity index (χ0) is 22.3. The first-order valence-electron chi connectivity index (χ1n) is 10.3. The topological polar surface area (TPSA) is 38.3 Å². The molecule has 0 aromatic heterocycles. The standard InChI is InChI=1S/C26H26BrNO2S/c1-15(2)28-31(29)26-17(4)13-18-8-6-7-9-21(18)24(26)23-22-11-10-20(27)14-19(22)12-16(3)25(23)30-5/h6-15,28H,1-5H3. The summed E-state index contributed by atoms with van der Waals surface area (Å²) in [4.78, 5) is 0.806. The van der Waals surface area contributed by atoms with Crippen molar-refractivity contribution >= 4 is 48.5 Å². The number of methoxy groups -OCH3 is 1. The monoisotopic (exact) mass is 495 g/mol. The second kappa shape index (κ2) is 8.73. The Kier molecular flexibility index (Phi) is 6.20. The summed E-state index contributed by atoms with van der Waals surface area (Å²) in [6.45, 7) is 8.11. The molecule has 4 aromatic rings. The highest BCUT2D eigenvalue weighted by Gasteiger charge is 2.24. The maximum atomic E-state index is 13.5. The summed E-state index contributed by atoms with van der Waals surface area (Å²) in [5.41, 5.74) is 3.99. The molecule has 3 nitrogen and oxygen atoms in total. The van der Waals surface area contributed by atoms with E-state index >= 15 is 0 Å². The Bertz CT molecular complexity index is 1330. The molecule has 1 N–H and O–H groups in total. The van der Waals surface area contributed by atoms with Crippen LogP contribution in [0.5, 0.6) is 5.75 Å². The summed E-state index contributed by atoms with van der Waals surface area (Å²) >= 11 is 3.60. The lowest BCUT2D eigenvalue weighted by atomic mass is 9.90. The number of benzene rings is 4. The van der Waals surface area contributed by atoms with Crippen LogP contribution in [0.2, 0.25) is 0 Å². The van der Waals surface area contributed by atoms with E-state index in [0.717, 1.165) is 58.9 Å². The van der Waals surface area contributed by atoms with Crippen LogP contribution in [-0.2, 0) is 11.0 Å². The molecule has 0 saturated heterocycles. The Morgan fingerprint density at radius 1 is 0.903 bits per heavy atom. The molecule has 4 rings (SSSR count). The molecule has 0 amide bonds. The average molecular weight is 496 g/mol. The van der Waals surface area contributed by atoms with Crippen LogP contribution in [0.1, 0.15) is 25.0 Å². The molecule has 0 aliphatic heterocycles. The number of hydrogen-bond acceptors (Lipinski definition) is 2. The highest BCUT2D eigenvalue weighted by molar-refractivity contribution is 9.10. The molecule has 0 radical (unpaired) electrons. The van der Waals surface area contributed by atoms with Crippen molar-refractivity contribution in [3.8, 4) is 16.9 Å². The molecule has 0 aliphatic carbocycles. The summed E-state index contributed by atoms with van der Waals surface area (Å²) in [5, 5.41) is 4.37. The van der Waals surface area contributed by atoms with Crippen LogP contribution >= 0.6 is 15.9 Å². The minimum absolute atomic E-state index is 0.0895. The normalized spacial score (nSPS) is 12.6. The number of ether oxygens (including phenoxy) is 1. The van der Waals surface area contributed by atoms with Crippen LogP contribution in [0.3, 0.4) is 0 Å². The molecular formula is C26H26BrNO2S. The molecule has 0 fully saturated rings. The largest absolute Gasteiger partial charge is 0.496 e. The molecule has 5 heteroatoms. The lowest BCUT2D eigenvalue weighted by molar-refractivity contribution is 0.414. The fourth-order valence-electron chi connectivity index (χ4n) is 4.24. The third kappa shape index (κ3) is 4.02. The third-order valence-electron chi connectivity index (χ3n) is 5.41. The zero-order valence-electron chi connectivity index (χ0n) is 18.4. The molecular weight excluding hydrogens is 470 g/mol. The smallest absolute Gasteiger partial charge is 0.130 e. The molecule has 0 saturated carbocycles. The first kappa shape index (κ1) is 22.0. The van der Waals surface area contributed by atoms with Gasteiger partial charge in [0, 0.05) is 21.6 Å². The number of fused-ring (bicyclic) bond motifs is 2. The van der Waals surface area contributed by atoms with Gasteiger partial charge in [-0.1, -0.05) is 52.3 Å². The van der Waals surface area contributed by atoms with Crippen LogP contribution in [-0.4, -0.2) is 17.4 Å². The van der Waals surface area contributed by atoms with Crippen LogP contribution in [0.25, 0.3) is 32.7 Å². The highest BCUT2D eigenvalue weighted by atomic mass is 79.9. The van der Waals surface area contributed by atoms with Gasteiger partial charge in [0.2, 0.25) is 0 Å². The lowest BCUT2D eigenvalue weighted by Gasteiger charge is -2.22. The number of hydrogen-bond donors (Lipinski definition) is 1. The lowest BCUT2D eigenvalue weighted by Crippen LogP contribution is -2.26. The summed E-state index contributed by atoms with van der Waals surface area (Å²) in [6.07, 6.45) is 0. The molecule has 31 heavy (non-hydrogen) atoms. The predicted molar refractivity (Wildman–Crippen MR) is 135 cm³/mol. The molecule has 4 aromatic carbocycles. The average Bonchev–Trinajstić information content (AvgIpc) is 2.71. The summed E-state index contributed by atoms with van der Waals surface area (Å²) in [5.74, 6) is 0.813. The van der Waals surface area contributed by atoms with Crippen molar-refractivity contribution in [1.29, 1.82) is 0 Å². The van der Waals surface area contributed by atoms with Gasteiger partial charge >= 0.3 is 0 Å². The summed E-state index contributed by atoms with van der Waals surface area (Å²) in [6, 6.07) is 18.9. The molecule has 160 valence electrons. The molecule has 0 spiro atoms. The van der Waals surface area contributed by atoms with Crippen molar-refractivity contribution < 1.29 is 8.95 Å². The fraction of sp³-hybridized carbons (Fsp3) is 0.231. The third-order valence-corrected chi connectivity index (χ3v) is 7.49. The number of halogens is 1. The van der Waals surface area contributed by atoms with Gasteiger partial charge in [-0.3, -0.25) is 0 Å². The summed E-state index contributed by atoms with van der Waals surface area (Å²) < 4.78 is 23.7. The number of aryl methyl sites for hydroxylation is 2. The van der Waals surface area contributed by atoms with Crippen molar-refractivity contribution in [2.75, 3.05) is 7.11 Å². The first-order valence-corrected chi connectivity index (χ1v) is 12.2. The minimum atomic E-state index is -1.37. The van der Waals surface area contributed by atoms with Gasteiger partial charge in [-0.2, -0.15) is 0 Å². The maximum absolute atomic E-state index is 13.5.